The van der Waals surface area contributed by atoms with E-state index in [1.165, 1.54) is 5.32 Å². The molecule has 124 valence electrons. The van der Waals surface area contributed by atoms with E-state index in [9.17, 15) is 44.3 Å². The Labute approximate surface area is 110 Å². The number of ether oxygens (including phenoxy) is 2. The third kappa shape index (κ3) is 5.79. The van der Waals surface area contributed by atoms with Crippen LogP contribution in [0.4, 0.5) is 39.5 Å². The number of amides is 1. The highest BCUT2D eigenvalue weighted by molar-refractivity contribution is 5.81. The monoisotopic (exact) mass is 335 g/mol. The highest BCUT2D eigenvalue weighted by atomic mass is 19.4. The lowest BCUT2D eigenvalue weighted by atomic mass is 10.5. The van der Waals surface area contributed by atoms with E-state index >= 15 is 0 Å². The molecule has 0 aliphatic rings. The molecule has 0 aliphatic carbocycles. The van der Waals surface area contributed by atoms with Gasteiger partial charge in [0.05, 0.1) is 0 Å². The van der Waals surface area contributed by atoms with Gasteiger partial charge in [-0.05, 0) is 0 Å². The van der Waals surface area contributed by atoms with Gasteiger partial charge in [0.15, 0.2) is 0 Å². The van der Waals surface area contributed by atoms with E-state index in [4.69, 9.17) is 0 Å². The molecule has 0 fully saturated rings. The molecule has 21 heavy (non-hydrogen) atoms. The molecular weight excluding hydrogens is 329 g/mol. The van der Waals surface area contributed by atoms with Crippen LogP contribution >= 0.6 is 0 Å². The van der Waals surface area contributed by atoms with Gasteiger partial charge >= 0.3 is 30.6 Å². The summed E-state index contributed by atoms with van der Waals surface area (Å²) in [5.74, 6) is -2.53. The molecule has 0 unspecified atom stereocenters. The molecule has 0 heterocycles. The summed E-state index contributed by atoms with van der Waals surface area (Å²) in [5.41, 5.74) is 0. The number of hydrogen-bond acceptors (Lipinski definition) is 3. The molecule has 0 bridgehead atoms. The number of rotatable bonds is 7. The normalized spacial score (nSPS) is 14.0. The van der Waals surface area contributed by atoms with Crippen molar-refractivity contribution in [3.8, 4) is 0 Å². The molecule has 0 saturated carbocycles. The van der Waals surface area contributed by atoms with Crippen molar-refractivity contribution in [1.29, 1.82) is 0 Å². The summed E-state index contributed by atoms with van der Waals surface area (Å²) in [4.78, 5) is 10.6. The van der Waals surface area contributed by atoms with Gasteiger partial charge in [0, 0.05) is 6.54 Å². The Morgan fingerprint density at radius 1 is 1.00 bits per heavy atom. The lowest BCUT2D eigenvalue weighted by molar-refractivity contribution is -0.537. The van der Waals surface area contributed by atoms with Crippen molar-refractivity contribution in [2.45, 2.75) is 24.7 Å². The minimum atomic E-state index is -6.61. The number of halogens is 9. The van der Waals surface area contributed by atoms with Crippen molar-refractivity contribution in [3.63, 3.8) is 0 Å². The van der Waals surface area contributed by atoms with E-state index in [0.29, 0.717) is 0 Å². The zero-order valence-corrected chi connectivity index (χ0v) is 9.62. The van der Waals surface area contributed by atoms with Gasteiger partial charge in [0.2, 0.25) is 0 Å². The van der Waals surface area contributed by atoms with Gasteiger partial charge in [0.25, 0.3) is 0 Å². The van der Waals surface area contributed by atoms with Crippen LogP contribution in [0.15, 0.2) is 12.7 Å². The lowest BCUT2D eigenvalue weighted by Gasteiger charge is -2.26. The van der Waals surface area contributed by atoms with Crippen LogP contribution in [0.1, 0.15) is 0 Å². The minimum Gasteiger partial charge on any atom is -0.345 e. The highest BCUT2D eigenvalue weighted by Gasteiger charge is 2.66. The van der Waals surface area contributed by atoms with Crippen LogP contribution in [0.3, 0.4) is 0 Å². The smallest absolute Gasteiger partial charge is 0.345 e. The summed E-state index contributed by atoms with van der Waals surface area (Å²) in [7, 11) is 0. The van der Waals surface area contributed by atoms with Crippen molar-refractivity contribution in [3.05, 3.63) is 12.7 Å². The molecule has 0 rings (SSSR count). The van der Waals surface area contributed by atoms with Gasteiger partial charge < -0.3 is 5.32 Å². The van der Waals surface area contributed by atoms with E-state index in [1.807, 2.05) is 4.74 Å². The third-order valence-corrected chi connectivity index (χ3v) is 1.50. The fourth-order valence-electron chi connectivity index (χ4n) is 0.691. The van der Waals surface area contributed by atoms with Crippen molar-refractivity contribution in [2.75, 3.05) is 6.54 Å². The van der Waals surface area contributed by atoms with Crippen molar-refractivity contribution in [2.24, 2.45) is 0 Å². The summed E-state index contributed by atoms with van der Waals surface area (Å²) in [5, 5.41) is 1.26. The van der Waals surface area contributed by atoms with Gasteiger partial charge in [-0.3, -0.25) is 4.79 Å². The average Bonchev–Trinajstić information content (AvgIpc) is 2.20. The second-order valence-corrected chi connectivity index (χ2v) is 3.20. The van der Waals surface area contributed by atoms with Crippen molar-refractivity contribution in [1.82, 2.24) is 5.32 Å². The first-order valence-electron chi connectivity index (χ1n) is 4.64. The maximum atomic E-state index is 12.8. The van der Waals surface area contributed by atoms with Crippen LogP contribution in [0.5, 0.6) is 0 Å². The van der Waals surface area contributed by atoms with E-state index in [1.54, 1.807) is 0 Å². The quantitative estimate of drug-likeness (QED) is 0.442. The van der Waals surface area contributed by atoms with Crippen LogP contribution in [0.2, 0.25) is 0 Å². The molecule has 0 aliphatic heterocycles. The van der Waals surface area contributed by atoms with E-state index < -0.39 is 37.1 Å². The fourth-order valence-corrected chi connectivity index (χ4v) is 0.691. The van der Waals surface area contributed by atoms with Crippen LogP contribution in [0, 0.1) is 0 Å². The highest BCUT2D eigenvalue weighted by Crippen LogP contribution is 2.42. The van der Waals surface area contributed by atoms with Gasteiger partial charge in [0.1, 0.15) is 0 Å². The predicted octanol–water partition coefficient (Wildman–Crippen LogP) is 2.62. The molecule has 0 aromatic rings. The first kappa shape index (κ1) is 19.5. The van der Waals surface area contributed by atoms with Crippen molar-refractivity contribution < 1.29 is 53.8 Å². The van der Waals surface area contributed by atoms with Crippen LogP contribution in [-0.2, 0) is 14.3 Å². The van der Waals surface area contributed by atoms with Gasteiger partial charge in [-0.1, -0.05) is 6.08 Å². The molecule has 1 N–H and O–H groups in total. The Hall–Kier alpha value is -1.50. The SMILES string of the molecule is C=CCNC(=O)C(F)(F)OC(F)(F)OC(F)(F)C(F)(F)F. The molecule has 1 amide bonds. The second kappa shape index (κ2) is 6.09. The number of carbonyl (C=O) groups excluding carboxylic acids is 1. The van der Waals surface area contributed by atoms with Gasteiger partial charge in [-0.2, -0.15) is 30.7 Å². The fraction of sp³-hybridized carbons (Fsp3) is 0.625. The largest absolute Gasteiger partial charge is 0.495 e. The Morgan fingerprint density at radius 3 is 1.86 bits per heavy atom. The third-order valence-electron chi connectivity index (χ3n) is 1.50. The summed E-state index contributed by atoms with van der Waals surface area (Å²) in [6.07, 6.45) is -23.8. The van der Waals surface area contributed by atoms with Crippen LogP contribution in [-0.4, -0.2) is 37.1 Å². The second-order valence-electron chi connectivity index (χ2n) is 3.20. The Balaban J connectivity index is 4.95. The van der Waals surface area contributed by atoms with Crippen LogP contribution < -0.4 is 5.32 Å². The first-order chi connectivity index (χ1) is 9.15. The first-order valence-corrected chi connectivity index (χ1v) is 4.64. The zero-order chi connectivity index (χ0) is 17.1. The van der Waals surface area contributed by atoms with E-state index in [-0.39, 0.29) is 0 Å². The topological polar surface area (TPSA) is 47.6 Å². The summed E-state index contributed by atoms with van der Waals surface area (Å²) >= 11 is 0. The average molecular weight is 335 g/mol. The molecule has 0 saturated heterocycles. The Bertz CT molecular complexity index is 393. The predicted molar refractivity (Wildman–Crippen MR) is 46.3 cm³/mol. The molecule has 0 radical (unpaired) electrons. The molecule has 0 atom stereocenters. The van der Waals surface area contributed by atoms with Crippen molar-refractivity contribution >= 4 is 5.91 Å². The van der Waals surface area contributed by atoms with E-state index in [2.05, 4.69) is 11.3 Å². The Morgan fingerprint density at radius 2 is 1.48 bits per heavy atom. The van der Waals surface area contributed by atoms with Crippen LogP contribution in [0.25, 0.3) is 0 Å². The number of hydrogen-bond donors (Lipinski definition) is 1. The lowest BCUT2D eigenvalue weighted by Crippen LogP contribution is -2.51. The Kier molecular flexibility index (Phi) is 5.66. The number of nitrogens with one attached hydrogen (secondary N) is 1. The maximum absolute atomic E-state index is 12.8. The number of carbonyl (C=O) groups is 1. The molecule has 0 aromatic heterocycles. The molecular formula is C8H6F9NO3. The molecule has 13 heteroatoms. The standard InChI is InChI=1S/C8H6F9NO3/c1-2-3-18-4(19)5(9,10)20-8(16,17)21-7(14,15)6(11,12)13/h2H,1,3H2,(H,18,19). The van der Waals surface area contributed by atoms with E-state index in [0.717, 1.165) is 6.08 Å². The number of alkyl halides is 9. The summed E-state index contributed by atoms with van der Waals surface area (Å²) < 4.78 is 114. The van der Waals surface area contributed by atoms with Gasteiger partial charge in [-0.25, -0.2) is 9.47 Å². The summed E-state index contributed by atoms with van der Waals surface area (Å²) in [6, 6.07) is 0. The minimum absolute atomic E-state index is 0.636. The molecule has 0 aromatic carbocycles. The molecule has 0 spiro atoms. The summed E-state index contributed by atoms with van der Waals surface area (Å²) in [6.45, 7) is 2.33. The molecule has 4 nitrogen and oxygen atoms in total. The van der Waals surface area contributed by atoms with Gasteiger partial charge in [-0.15, -0.1) is 15.4 Å². The maximum Gasteiger partial charge on any atom is 0.495 e. The zero-order valence-electron chi connectivity index (χ0n) is 9.62.